The predicted molar refractivity (Wildman–Crippen MR) is 126 cm³/mol. The first-order valence-corrected chi connectivity index (χ1v) is 10.7. The maximum absolute atomic E-state index is 12.7. The number of methoxy groups -OCH3 is 3. The van der Waals surface area contributed by atoms with Crippen molar-refractivity contribution in [3.8, 4) is 40.2 Å². The molecule has 0 saturated carbocycles. The summed E-state index contributed by atoms with van der Waals surface area (Å²) in [5.74, 6) is 2.48. The van der Waals surface area contributed by atoms with Gasteiger partial charge >= 0.3 is 0 Å². The molecule has 176 valence electrons. The zero-order valence-corrected chi connectivity index (χ0v) is 19.4. The number of carbonyl (C=O) groups excluding carboxylic acids is 1. The Labute approximate surface area is 197 Å². The number of rotatable bonds is 9. The molecule has 0 aliphatic carbocycles. The second-order valence-electron chi connectivity index (χ2n) is 7.58. The molecule has 0 bridgehead atoms. The van der Waals surface area contributed by atoms with Crippen molar-refractivity contribution in [3.63, 3.8) is 0 Å². The molecule has 0 unspecified atom stereocenters. The van der Waals surface area contributed by atoms with E-state index in [4.69, 9.17) is 18.7 Å². The maximum atomic E-state index is 12.7. The van der Waals surface area contributed by atoms with Gasteiger partial charge in [0.2, 0.25) is 11.7 Å². The summed E-state index contributed by atoms with van der Waals surface area (Å²) in [5.41, 5.74) is 2.32. The van der Waals surface area contributed by atoms with Gasteiger partial charge in [-0.2, -0.15) is 4.98 Å². The summed E-state index contributed by atoms with van der Waals surface area (Å²) in [6.07, 6.45) is 1.80. The van der Waals surface area contributed by atoms with Crippen molar-refractivity contribution in [1.29, 1.82) is 0 Å². The van der Waals surface area contributed by atoms with Gasteiger partial charge in [0, 0.05) is 11.8 Å². The highest BCUT2D eigenvalue weighted by molar-refractivity contribution is 5.77. The van der Waals surface area contributed by atoms with Crippen LogP contribution in [0, 0.1) is 0 Å². The number of benzene rings is 2. The Kier molecular flexibility index (Phi) is 6.82. The van der Waals surface area contributed by atoms with E-state index in [9.17, 15) is 4.79 Å². The molecule has 9 heteroatoms. The molecule has 1 amide bonds. The van der Waals surface area contributed by atoms with Crippen molar-refractivity contribution >= 4 is 5.91 Å². The summed E-state index contributed by atoms with van der Waals surface area (Å²) < 4.78 is 23.1. The zero-order chi connectivity index (χ0) is 24.1. The van der Waals surface area contributed by atoms with E-state index in [1.165, 1.54) is 0 Å². The lowest BCUT2D eigenvalue weighted by Gasteiger charge is -2.16. The molecule has 4 rings (SSSR count). The number of amides is 1. The van der Waals surface area contributed by atoms with Gasteiger partial charge in [0.25, 0.3) is 5.89 Å². The SMILES string of the molecule is COc1cccc([C@@H](C)NC(=O)Cn2cccc2-c2nc(-c3ccc(OC)c(OC)c3)no2)c1. The van der Waals surface area contributed by atoms with E-state index in [0.717, 1.165) is 16.9 Å². The first-order chi connectivity index (χ1) is 16.5. The standard InChI is InChI=1S/C25H26N4O5/c1-16(17-7-5-8-19(13-17)31-2)26-23(30)15-29-12-6-9-20(29)25-27-24(28-34-25)18-10-11-21(32-3)22(14-18)33-4/h5-14,16H,15H2,1-4H3,(H,26,30)/t16-/m1/s1. The molecule has 0 radical (unpaired) electrons. The molecule has 4 aromatic rings. The molecule has 0 saturated heterocycles. The highest BCUT2D eigenvalue weighted by Crippen LogP contribution is 2.32. The molecule has 0 fully saturated rings. The Morgan fingerprint density at radius 1 is 1.03 bits per heavy atom. The van der Waals surface area contributed by atoms with Gasteiger partial charge in [-0.3, -0.25) is 4.79 Å². The second kappa shape index (κ2) is 10.1. The second-order valence-corrected chi connectivity index (χ2v) is 7.58. The topological polar surface area (TPSA) is 101 Å². The zero-order valence-electron chi connectivity index (χ0n) is 19.4. The lowest BCUT2D eigenvalue weighted by Crippen LogP contribution is -2.30. The first kappa shape index (κ1) is 22.9. The van der Waals surface area contributed by atoms with Crippen molar-refractivity contribution in [2.45, 2.75) is 19.5 Å². The van der Waals surface area contributed by atoms with Crippen LogP contribution in [0.15, 0.2) is 65.3 Å². The number of hydrogen-bond donors (Lipinski definition) is 1. The number of hydrogen-bond acceptors (Lipinski definition) is 7. The molecule has 2 heterocycles. The van der Waals surface area contributed by atoms with Crippen LogP contribution in [0.2, 0.25) is 0 Å². The van der Waals surface area contributed by atoms with Gasteiger partial charge in [-0.25, -0.2) is 0 Å². The minimum atomic E-state index is -0.179. The van der Waals surface area contributed by atoms with E-state index in [-0.39, 0.29) is 18.5 Å². The van der Waals surface area contributed by atoms with Gasteiger partial charge < -0.3 is 28.6 Å². The lowest BCUT2D eigenvalue weighted by atomic mass is 10.1. The fraction of sp³-hybridized carbons (Fsp3) is 0.240. The molecule has 2 aromatic heterocycles. The summed E-state index contributed by atoms with van der Waals surface area (Å²) in [5, 5.41) is 7.10. The van der Waals surface area contributed by atoms with Crippen molar-refractivity contribution in [2.24, 2.45) is 0 Å². The van der Waals surface area contributed by atoms with Crippen LogP contribution in [0.1, 0.15) is 18.5 Å². The van der Waals surface area contributed by atoms with Gasteiger partial charge in [-0.05, 0) is 55.0 Å². The van der Waals surface area contributed by atoms with Gasteiger partial charge in [-0.15, -0.1) is 0 Å². The van der Waals surface area contributed by atoms with Crippen LogP contribution in [0.5, 0.6) is 17.2 Å². The Hall–Kier alpha value is -4.27. The van der Waals surface area contributed by atoms with Gasteiger partial charge in [0.05, 0.1) is 27.4 Å². The van der Waals surface area contributed by atoms with E-state index in [2.05, 4.69) is 15.5 Å². The van der Waals surface area contributed by atoms with E-state index < -0.39 is 0 Å². The molecule has 1 atom stereocenters. The number of nitrogens with zero attached hydrogens (tertiary/aromatic N) is 3. The quantitative estimate of drug-likeness (QED) is 0.399. The lowest BCUT2D eigenvalue weighted by molar-refractivity contribution is -0.122. The average molecular weight is 463 g/mol. The minimum absolute atomic E-state index is 0.102. The first-order valence-electron chi connectivity index (χ1n) is 10.7. The fourth-order valence-corrected chi connectivity index (χ4v) is 3.60. The molecule has 1 N–H and O–H groups in total. The third kappa shape index (κ3) is 4.88. The summed E-state index contributed by atoms with van der Waals surface area (Å²) >= 11 is 0. The smallest absolute Gasteiger partial charge is 0.274 e. The molecule has 9 nitrogen and oxygen atoms in total. The normalized spacial score (nSPS) is 11.6. The molecule has 34 heavy (non-hydrogen) atoms. The van der Waals surface area contributed by atoms with Crippen LogP contribution >= 0.6 is 0 Å². The van der Waals surface area contributed by atoms with Crippen LogP contribution in [0.3, 0.4) is 0 Å². The minimum Gasteiger partial charge on any atom is -0.497 e. The van der Waals surface area contributed by atoms with Gasteiger partial charge in [-0.1, -0.05) is 17.3 Å². The molecular formula is C25H26N4O5. The predicted octanol–water partition coefficient (Wildman–Crippen LogP) is 4.11. The summed E-state index contributed by atoms with van der Waals surface area (Å²) in [6.45, 7) is 2.03. The van der Waals surface area contributed by atoms with Crippen molar-refractivity contribution in [1.82, 2.24) is 20.0 Å². The molecule has 2 aromatic carbocycles. The summed E-state index contributed by atoms with van der Waals surface area (Å²) in [6, 6.07) is 16.5. The molecule has 0 aliphatic heterocycles. The van der Waals surface area contributed by atoms with Gasteiger partial charge in [0.1, 0.15) is 18.0 Å². The van der Waals surface area contributed by atoms with Crippen LogP contribution in [0.4, 0.5) is 0 Å². The average Bonchev–Trinajstić information content (AvgIpc) is 3.53. The maximum Gasteiger partial charge on any atom is 0.274 e. The third-order valence-corrected chi connectivity index (χ3v) is 5.40. The number of aromatic nitrogens is 3. The Morgan fingerprint density at radius 2 is 1.85 bits per heavy atom. The fourth-order valence-electron chi connectivity index (χ4n) is 3.60. The molecule has 0 aliphatic rings. The summed E-state index contributed by atoms with van der Waals surface area (Å²) in [4.78, 5) is 17.2. The van der Waals surface area contributed by atoms with E-state index in [0.29, 0.717) is 28.9 Å². The van der Waals surface area contributed by atoms with Crippen LogP contribution < -0.4 is 19.5 Å². The van der Waals surface area contributed by atoms with E-state index in [1.54, 1.807) is 44.2 Å². The third-order valence-electron chi connectivity index (χ3n) is 5.40. The van der Waals surface area contributed by atoms with Gasteiger partial charge in [0.15, 0.2) is 11.5 Å². The number of carbonyl (C=O) groups is 1. The van der Waals surface area contributed by atoms with E-state index >= 15 is 0 Å². The Morgan fingerprint density at radius 3 is 2.62 bits per heavy atom. The Bertz CT molecular complexity index is 1280. The van der Waals surface area contributed by atoms with Crippen LogP contribution in [-0.2, 0) is 11.3 Å². The van der Waals surface area contributed by atoms with Crippen LogP contribution in [0.25, 0.3) is 23.0 Å². The molecular weight excluding hydrogens is 436 g/mol. The van der Waals surface area contributed by atoms with Crippen molar-refractivity contribution < 1.29 is 23.5 Å². The number of ether oxygens (including phenoxy) is 3. The largest absolute Gasteiger partial charge is 0.497 e. The summed E-state index contributed by atoms with van der Waals surface area (Å²) in [7, 11) is 4.76. The highest BCUT2D eigenvalue weighted by Gasteiger charge is 2.18. The monoisotopic (exact) mass is 462 g/mol. The van der Waals surface area contributed by atoms with Crippen LogP contribution in [-0.4, -0.2) is 41.9 Å². The van der Waals surface area contributed by atoms with E-state index in [1.807, 2.05) is 49.4 Å². The molecule has 0 spiro atoms. The number of nitrogens with one attached hydrogen (secondary N) is 1. The Balaban J connectivity index is 1.48. The van der Waals surface area contributed by atoms with Crippen molar-refractivity contribution in [2.75, 3.05) is 21.3 Å². The highest BCUT2D eigenvalue weighted by atomic mass is 16.5. The van der Waals surface area contributed by atoms with Crippen molar-refractivity contribution in [3.05, 3.63) is 66.4 Å².